The fourth-order valence-corrected chi connectivity index (χ4v) is 6.77. The molecule has 1 N–H and O–H groups in total. The van der Waals surface area contributed by atoms with Crippen LogP contribution in [0.1, 0.15) is 61.3 Å². The SMILES string of the molecule is Cc1ccc(CN(C(=O)CN(c2cccc(C)c2C)S(=O)(=O)c2ccccc2)[C@H](C)C(=O)NC2CCCCC2)cc1. The number of benzene rings is 3. The average molecular weight is 576 g/mol. The standard InChI is InChI=1S/C33H41N3O4S/c1-24-18-20-28(21-19-24)22-35(27(4)33(38)34-29-13-7-5-8-14-29)32(37)23-36(31-17-11-12-25(2)26(31)3)41(39,40)30-15-9-6-10-16-30/h6,9-12,15-21,27,29H,5,7-8,13-14,22-23H2,1-4H3,(H,34,38)/t27-/m1/s1. The molecule has 3 aromatic rings. The van der Waals surface area contributed by atoms with Crippen LogP contribution in [0, 0.1) is 20.8 Å². The molecule has 2 amide bonds. The quantitative estimate of drug-likeness (QED) is 0.337. The molecule has 8 heteroatoms. The first-order valence-corrected chi connectivity index (χ1v) is 15.8. The molecule has 3 aromatic carbocycles. The molecule has 0 heterocycles. The molecule has 7 nitrogen and oxygen atoms in total. The highest BCUT2D eigenvalue weighted by Gasteiger charge is 2.33. The number of carbonyl (C=O) groups excluding carboxylic acids is 2. The van der Waals surface area contributed by atoms with Gasteiger partial charge in [0.25, 0.3) is 10.0 Å². The van der Waals surface area contributed by atoms with Crippen LogP contribution in [0.3, 0.4) is 0 Å². The second kappa shape index (κ2) is 13.3. The third-order valence-corrected chi connectivity index (χ3v) is 9.82. The van der Waals surface area contributed by atoms with E-state index in [1.54, 1.807) is 37.3 Å². The molecule has 0 saturated heterocycles. The zero-order valence-corrected chi connectivity index (χ0v) is 25.3. The van der Waals surface area contributed by atoms with Crippen molar-refractivity contribution >= 4 is 27.5 Å². The molecular weight excluding hydrogens is 534 g/mol. The van der Waals surface area contributed by atoms with Gasteiger partial charge in [-0.15, -0.1) is 0 Å². The summed E-state index contributed by atoms with van der Waals surface area (Å²) in [6.45, 7) is 7.22. The highest BCUT2D eigenvalue weighted by Crippen LogP contribution is 2.29. The zero-order chi connectivity index (χ0) is 29.6. The van der Waals surface area contributed by atoms with Crippen LogP contribution < -0.4 is 9.62 Å². The van der Waals surface area contributed by atoms with Gasteiger partial charge in [-0.1, -0.05) is 79.4 Å². The van der Waals surface area contributed by atoms with E-state index in [-0.39, 0.29) is 23.4 Å². The smallest absolute Gasteiger partial charge is 0.264 e. The van der Waals surface area contributed by atoms with E-state index in [0.29, 0.717) is 5.69 Å². The zero-order valence-electron chi connectivity index (χ0n) is 24.5. The topological polar surface area (TPSA) is 86.8 Å². The van der Waals surface area contributed by atoms with Crippen molar-refractivity contribution in [3.63, 3.8) is 0 Å². The largest absolute Gasteiger partial charge is 0.352 e. The van der Waals surface area contributed by atoms with Gasteiger partial charge in [-0.3, -0.25) is 13.9 Å². The second-order valence-corrected chi connectivity index (χ2v) is 12.9. The lowest BCUT2D eigenvalue weighted by Crippen LogP contribution is -2.53. The highest BCUT2D eigenvalue weighted by molar-refractivity contribution is 7.92. The van der Waals surface area contributed by atoms with Crippen LogP contribution in [0.5, 0.6) is 0 Å². The lowest BCUT2D eigenvalue weighted by atomic mass is 9.95. The Balaban J connectivity index is 1.69. The number of sulfonamides is 1. The fourth-order valence-electron chi connectivity index (χ4n) is 5.28. The maximum atomic E-state index is 14.2. The van der Waals surface area contributed by atoms with Crippen molar-refractivity contribution in [1.29, 1.82) is 0 Å². The summed E-state index contributed by atoms with van der Waals surface area (Å²) >= 11 is 0. The number of carbonyl (C=O) groups is 2. The minimum Gasteiger partial charge on any atom is -0.352 e. The summed E-state index contributed by atoms with van der Waals surface area (Å²) in [4.78, 5) is 29.2. The summed E-state index contributed by atoms with van der Waals surface area (Å²) in [5, 5.41) is 3.14. The van der Waals surface area contributed by atoms with Crippen LogP contribution in [0.2, 0.25) is 0 Å². The maximum Gasteiger partial charge on any atom is 0.264 e. The van der Waals surface area contributed by atoms with E-state index in [9.17, 15) is 18.0 Å². The summed E-state index contributed by atoms with van der Waals surface area (Å²) < 4.78 is 29.2. The maximum absolute atomic E-state index is 14.2. The van der Waals surface area contributed by atoms with Crippen molar-refractivity contribution in [2.24, 2.45) is 0 Å². The summed E-state index contributed by atoms with van der Waals surface area (Å²) in [6, 6.07) is 20.7. The molecule has 0 spiro atoms. The van der Waals surface area contributed by atoms with Crippen molar-refractivity contribution < 1.29 is 18.0 Å². The molecular formula is C33H41N3O4S. The minimum absolute atomic E-state index is 0.0972. The molecule has 1 aliphatic rings. The van der Waals surface area contributed by atoms with Crippen LogP contribution in [0.15, 0.2) is 77.7 Å². The molecule has 0 bridgehead atoms. The first-order chi connectivity index (χ1) is 19.6. The van der Waals surface area contributed by atoms with Crippen molar-refractivity contribution in [3.05, 3.63) is 95.1 Å². The molecule has 0 radical (unpaired) electrons. The molecule has 1 atom stereocenters. The molecule has 0 aromatic heterocycles. The average Bonchev–Trinajstić information content (AvgIpc) is 2.97. The predicted molar refractivity (Wildman–Crippen MR) is 163 cm³/mol. The number of hydrogen-bond donors (Lipinski definition) is 1. The van der Waals surface area contributed by atoms with E-state index in [1.165, 1.54) is 27.8 Å². The Bertz CT molecular complexity index is 1450. The predicted octanol–water partition coefficient (Wildman–Crippen LogP) is 5.67. The van der Waals surface area contributed by atoms with E-state index in [1.807, 2.05) is 51.1 Å². The van der Waals surface area contributed by atoms with Gasteiger partial charge < -0.3 is 10.2 Å². The van der Waals surface area contributed by atoms with Gasteiger partial charge in [-0.2, -0.15) is 0 Å². The Morgan fingerprint density at radius 1 is 0.878 bits per heavy atom. The van der Waals surface area contributed by atoms with E-state index in [4.69, 9.17) is 0 Å². The molecule has 41 heavy (non-hydrogen) atoms. The number of aryl methyl sites for hydroxylation is 2. The Hall–Kier alpha value is -3.65. The van der Waals surface area contributed by atoms with Crippen LogP contribution in [-0.2, 0) is 26.2 Å². The number of nitrogens with zero attached hydrogens (tertiary/aromatic N) is 2. The van der Waals surface area contributed by atoms with Gasteiger partial charge in [0.2, 0.25) is 11.8 Å². The monoisotopic (exact) mass is 575 g/mol. The molecule has 1 aliphatic carbocycles. The van der Waals surface area contributed by atoms with Crippen LogP contribution in [0.25, 0.3) is 0 Å². The van der Waals surface area contributed by atoms with E-state index in [2.05, 4.69) is 5.32 Å². The van der Waals surface area contributed by atoms with Crippen molar-refractivity contribution in [1.82, 2.24) is 10.2 Å². The number of hydrogen-bond acceptors (Lipinski definition) is 4. The molecule has 0 unspecified atom stereocenters. The lowest BCUT2D eigenvalue weighted by molar-refractivity contribution is -0.139. The van der Waals surface area contributed by atoms with Crippen molar-refractivity contribution in [2.45, 2.75) is 83.3 Å². The van der Waals surface area contributed by atoms with Gasteiger partial charge in [-0.25, -0.2) is 8.42 Å². The fraction of sp³-hybridized carbons (Fsp3) is 0.394. The molecule has 218 valence electrons. The number of amides is 2. The number of nitrogens with one attached hydrogen (secondary N) is 1. The third kappa shape index (κ3) is 7.36. The first kappa shape index (κ1) is 30.3. The summed E-state index contributed by atoms with van der Waals surface area (Å²) in [5.41, 5.74) is 4.08. The Morgan fingerprint density at radius 2 is 1.54 bits per heavy atom. The Labute approximate surface area is 244 Å². The van der Waals surface area contributed by atoms with Crippen molar-refractivity contribution in [2.75, 3.05) is 10.8 Å². The normalized spacial score (nSPS) is 14.7. The molecule has 1 fully saturated rings. The van der Waals surface area contributed by atoms with E-state index in [0.717, 1.165) is 47.9 Å². The first-order valence-electron chi connectivity index (χ1n) is 14.4. The number of rotatable bonds is 10. The van der Waals surface area contributed by atoms with Gasteiger partial charge in [0.05, 0.1) is 10.6 Å². The van der Waals surface area contributed by atoms with Gasteiger partial charge in [0.15, 0.2) is 0 Å². The van der Waals surface area contributed by atoms with Crippen molar-refractivity contribution in [3.8, 4) is 0 Å². The second-order valence-electron chi connectivity index (χ2n) is 11.1. The van der Waals surface area contributed by atoms with Gasteiger partial charge in [0, 0.05) is 12.6 Å². The van der Waals surface area contributed by atoms with Gasteiger partial charge in [0.1, 0.15) is 12.6 Å². The van der Waals surface area contributed by atoms with Crippen LogP contribution >= 0.6 is 0 Å². The molecule has 1 saturated carbocycles. The number of anilines is 1. The van der Waals surface area contributed by atoms with Gasteiger partial charge >= 0.3 is 0 Å². The summed E-state index contributed by atoms with van der Waals surface area (Å²) in [7, 11) is -4.08. The van der Waals surface area contributed by atoms with Gasteiger partial charge in [-0.05, 0) is 75.4 Å². The Morgan fingerprint density at radius 3 is 2.20 bits per heavy atom. The highest BCUT2D eigenvalue weighted by atomic mass is 32.2. The third-order valence-electron chi connectivity index (χ3n) is 8.05. The Kier molecular flexibility index (Phi) is 9.86. The molecule has 0 aliphatic heterocycles. The summed E-state index contributed by atoms with van der Waals surface area (Å²) in [5.74, 6) is -0.668. The minimum atomic E-state index is -4.08. The lowest BCUT2D eigenvalue weighted by Gasteiger charge is -2.33. The summed E-state index contributed by atoms with van der Waals surface area (Å²) in [6.07, 6.45) is 5.19. The van der Waals surface area contributed by atoms with E-state index >= 15 is 0 Å². The van der Waals surface area contributed by atoms with Crippen LogP contribution in [-0.4, -0.2) is 43.8 Å². The molecule has 4 rings (SSSR count). The van der Waals surface area contributed by atoms with E-state index < -0.39 is 28.5 Å². The van der Waals surface area contributed by atoms with Crippen LogP contribution in [0.4, 0.5) is 5.69 Å².